The molecule has 0 aromatic heterocycles. The molecule has 2 aromatic carbocycles. The van der Waals surface area contributed by atoms with Gasteiger partial charge in [0.15, 0.2) is 0 Å². The van der Waals surface area contributed by atoms with Gasteiger partial charge in [-0.25, -0.2) is 16.8 Å². The minimum atomic E-state index is -5.43. The summed E-state index contributed by atoms with van der Waals surface area (Å²) in [4.78, 5) is 0. The van der Waals surface area contributed by atoms with E-state index >= 15 is 0 Å². The number of unbranched alkanes of at least 4 members (excludes halogenated alkanes) is 9. The molecule has 192 valence electrons. The molecule has 36 heavy (non-hydrogen) atoms. The van der Waals surface area contributed by atoms with Crippen LogP contribution < -0.4 is 63.9 Å². The number of para-hydroxylation sites is 2. The normalized spacial score (nSPS) is 10.9. The number of aryl methyl sites for hydroxylation is 1. The van der Waals surface area contributed by atoms with Gasteiger partial charge < -0.3 is 13.8 Å². The van der Waals surface area contributed by atoms with Gasteiger partial charge in [-0.2, -0.15) is 3.63 Å². The van der Waals surface area contributed by atoms with Crippen LogP contribution in [0.25, 0.3) is 0 Å². The summed E-state index contributed by atoms with van der Waals surface area (Å²) in [7, 11) is -10.9. The summed E-state index contributed by atoms with van der Waals surface area (Å²) in [5, 5.41) is 0. The maximum atomic E-state index is 9.29. The second kappa shape index (κ2) is 21.9. The fraction of sp³-hybridized carbons (Fsp3) is 0.500. The first-order chi connectivity index (χ1) is 16.1. The van der Waals surface area contributed by atoms with E-state index in [0.29, 0.717) is 0 Å². The van der Waals surface area contributed by atoms with Crippen molar-refractivity contribution in [3.63, 3.8) is 0 Å². The molecule has 0 radical (unpaired) electrons. The number of benzene rings is 2. The molecule has 0 unspecified atom stereocenters. The Hall–Kier alpha value is 0.0200. The first kappa shape index (κ1) is 38.2. The molecule has 0 amide bonds. The van der Waals surface area contributed by atoms with Crippen LogP contribution in [0.5, 0.6) is 11.5 Å². The van der Waals surface area contributed by atoms with E-state index in [-0.39, 0.29) is 59.1 Å². The van der Waals surface area contributed by atoms with Crippen LogP contribution in [0.1, 0.15) is 76.7 Å². The van der Waals surface area contributed by atoms with Crippen LogP contribution in [0.15, 0.2) is 54.6 Å². The fourth-order valence-electron chi connectivity index (χ4n) is 3.33. The van der Waals surface area contributed by atoms with Gasteiger partial charge in [0.2, 0.25) is 20.8 Å². The van der Waals surface area contributed by atoms with Gasteiger partial charge in [-0.3, -0.25) is 0 Å². The number of hydrogen-bond acceptors (Lipinski definition) is 8. The van der Waals surface area contributed by atoms with Gasteiger partial charge in [0.25, 0.3) is 0 Å². The Morgan fingerprint density at radius 2 is 1.08 bits per heavy atom. The molecule has 0 fully saturated rings. The summed E-state index contributed by atoms with van der Waals surface area (Å²) in [6.45, 7) is 2.28. The van der Waals surface area contributed by atoms with E-state index in [1.165, 1.54) is 69.8 Å². The Morgan fingerprint density at radius 3 is 1.56 bits per heavy atom. The van der Waals surface area contributed by atoms with Gasteiger partial charge in [0, 0.05) is 0 Å². The van der Waals surface area contributed by atoms with Crippen molar-refractivity contribution in [2.45, 2.75) is 77.6 Å². The summed E-state index contributed by atoms with van der Waals surface area (Å²) in [5.74, 6) is 1.92. The van der Waals surface area contributed by atoms with Crippen molar-refractivity contribution in [1.82, 2.24) is 0 Å². The average molecular weight is 561 g/mol. The van der Waals surface area contributed by atoms with Crippen molar-refractivity contribution in [2.75, 3.05) is 0 Å². The van der Waals surface area contributed by atoms with Gasteiger partial charge in [-0.1, -0.05) is 101 Å². The zero-order chi connectivity index (χ0) is 25.3. The molecule has 8 nitrogen and oxygen atoms in total. The second-order valence-electron chi connectivity index (χ2n) is 7.84. The Morgan fingerprint density at radius 1 is 0.639 bits per heavy atom. The first-order valence-corrected chi connectivity index (χ1v) is 14.2. The van der Waals surface area contributed by atoms with E-state index < -0.39 is 20.8 Å². The number of rotatable bonds is 15. The molecule has 0 spiro atoms. The zero-order valence-corrected chi connectivity index (χ0v) is 27.2. The van der Waals surface area contributed by atoms with Gasteiger partial charge in [-0.15, -0.1) is 0 Å². The van der Waals surface area contributed by atoms with Crippen LogP contribution >= 0.6 is 0 Å². The van der Waals surface area contributed by atoms with Crippen LogP contribution in [0.3, 0.4) is 0 Å². The van der Waals surface area contributed by atoms with Crippen molar-refractivity contribution in [3.05, 3.63) is 60.2 Å². The van der Waals surface area contributed by atoms with E-state index in [4.69, 9.17) is 4.74 Å². The van der Waals surface area contributed by atoms with Crippen molar-refractivity contribution < 1.29 is 93.4 Å². The van der Waals surface area contributed by atoms with E-state index in [1.54, 1.807) is 0 Å². The minimum Gasteiger partial charge on any atom is -0.725 e. The molecular formula is C24H34Na2O8S2. The standard InChI is InChI=1S/C24H34O.2Na.H2O7S2/c1-2-3-4-5-6-7-8-9-10-12-17-22-18-15-16-21-24(22)25-23-19-13-11-14-20-23;;;1-8(2,3)7-9(4,5)6/h11,13-16,18-21H,2-10,12,17H2,1H3;;;(H,1,2,3)(H,4,5,6)/q;2*+1;/p-2. The van der Waals surface area contributed by atoms with Crippen LogP contribution in [0.4, 0.5) is 0 Å². The van der Waals surface area contributed by atoms with E-state index in [0.717, 1.165) is 17.9 Å². The first-order valence-electron chi connectivity index (χ1n) is 11.5. The summed E-state index contributed by atoms with van der Waals surface area (Å²) >= 11 is 0. The molecule has 0 aliphatic carbocycles. The third-order valence-electron chi connectivity index (χ3n) is 4.91. The molecule has 0 N–H and O–H groups in total. The molecule has 2 aromatic rings. The number of ether oxygens (including phenoxy) is 1. The van der Waals surface area contributed by atoms with Crippen LogP contribution in [0.2, 0.25) is 0 Å². The summed E-state index contributed by atoms with van der Waals surface area (Å²) in [6, 6.07) is 18.5. The van der Waals surface area contributed by atoms with Crippen molar-refractivity contribution >= 4 is 20.8 Å². The monoisotopic (exact) mass is 560 g/mol. The molecule has 0 saturated carbocycles. The Balaban J connectivity index is 0. The predicted molar refractivity (Wildman–Crippen MR) is 129 cm³/mol. The molecule has 0 saturated heterocycles. The molecular weight excluding hydrogens is 526 g/mol. The van der Waals surface area contributed by atoms with Crippen molar-refractivity contribution in [3.8, 4) is 11.5 Å². The quantitative estimate of drug-likeness (QED) is 0.127. The van der Waals surface area contributed by atoms with Crippen LogP contribution in [-0.4, -0.2) is 25.9 Å². The van der Waals surface area contributed by atoms with E-state index in [2.05, 4.69) is 34.8 Å². The summed E-state index contributed by atoms with van der Waals surface area (Å²) < 4.78 is 64.2. The summed E-state index contributed by atoms with van der Waals surface area (Å²) in [5.41, 5.74) is 1.32. The largest absolute Gasteiger partial charge is 1.00 e. The maximum Gasteiger partial charge on any atom is 1.00 e. The molecule has 2 rings (SSSR count). The van der Waals surface area contributed by atoms with Crippen LogP contribution in [-0.2, 0) is 30.8 Å². The van der Waals surface area contributed by atoms with Crippen molar-refractivity contribution in [1.29, 1.82) is 0 Å². The van der Waals surface area contributed by atoms with Gasteiger partial charge >= 0.3 is 59.1 Å². The zero-order valence-electron chi connectivity index (χ0n) is 21.6. The third kappa shape index (κ3) is 22.0. The Kier molecular flexibility index (Phi) is 23.2. The van der Waals surface area contributed by atoms with E-state index in [9.17, 15) is 25.9 Å². The van der Waals surface area contributed by atoms with Gasteiger partial charge in [0.1, 0.15) is 11.5 Å². The third-order valence-corrected chi connectivity index (χ3v) is 6.24. The topological polar surface area (TPSA) is 133 Å². The second-order valence-corrected chi connectivity index (χ2v) is 10.0. The Bertz CT molecular complexity index is 987. The van der Waals surface area contributed by atoms with E-state index in [1.807, 2.05) is 30.3 Å². The smallest absolute Gasteiger partial charge is 0.725 e. The summed E-state index contributed by atoms with van der Waals surface area (Å²) in [6.07, 6.45) is 14.9. The van der Waals surface area contributed by atoms with Gasteiger partial charge in [0.05, 0.1) is 0 Å². The molecule has 0 heterocycles. The molecule has 0 aliphatic rings. The van der Waals surface area contributed by atoms with Crippen molar-refractivity contribution in [2.24, 2.45) is 0 Å². The predicted octanol–water partition coefficient (Wildman–Crippen LogP) is -0.126. The molecule has 0 atom stereocenters. The fourth-order valence-corrected chi connectivity index (χ4v) is 4.15. The number of hydrogen-bond donors (Lipinski definition) is 0. The minimum absolute atomic E-state index is 0. The van der Waals surface area contributed by atoms with Crippen LogP contribution in [0, 0.1) is 0 Å². The molecule has 0 bridgehead atoms. The molecule has 0 aliphatic heterocycles. The molecule has 12 heteroatoms. The average Bonchev–Trinajstić information content (AvgIpc) is 2.75. The SMILES string of the molecule is CCCCCCCCCCCCc1ccccc1Oc1ccccc1.O=S(=O)([O-])OS(=O)(=O)[O-].[Na+].[Na+]. The van der Waals surface area contributed by atoms with Gasteiger partial charge in [-0.05, 0) is 36.6 Å². The Labute approximate surface area is 261 Å². The maximum absolute atomic E-state index is 9.29.